The summed E-state index contributed by atoms with van der Waals surface area (Å²) in [6.07, 6.45) is 1.78. The lowest BCUT2D eigenvalue weighted by molar-refractivity contribution is -0.122. The van der Waals surface area contributed by atoms with Crippen LogP contribution >= 0.6 is 0 Å². The maximum atomic E-state index is 12.7. The number of hydrogen-bond donors (Lipinski definition) is 2. The molecule has 0 radical (unpaired) electrons. The number of rotatable bonds is 10. The van der Waals surface area contributed by atoms with Crippen LogP contribution in [-0.2, 0) is 21.2 Å². The van der Waals surface area contributed by atoms with Crippen LogP contribution in [0.4, 0.5) is 0 Å². The van der Waals surface area contributed by atoms with E-state index >= 15 is 0 Å². The number of nitrogens with one attached hydrogen (secondary N) is 2. The molecule has 0 aliphatic rings. The van der Waals surface area contributed by atoms with Gasteiger partial charge in [-0.1, -0.05) is 36.4 Å². The Morgan fingerprint density at radius 1 is 1.15 bits per heavy atom. The van der Waals surface area contributed by atoms with Crippen molar-refractivity contribution < 1.29 is 17.9 Å². The molecule has 1 atom stereocenters. The van der Waals surface area contributed by atoms with Crippen molar-refractivity contribution in [3.8, 4) is 5.75 Å². The molecule has 2 rings (SSSR count). The highest BCUT2D eigenvalue weighted by Gasteiger charge is 2.25. The first kappa shape index (κ1) is 20.7. The van der Waals surface area contributed by atoms with Crippen molar-refractivity contribution in [2.75, 3.05) is 13.2 Å². The zero-order valence-electron chi connectivity index (χ0n) is 15.2. The molecule has 27 heavy (non-hydrogen) atoms. The highest BCUT2D eigenvalue weighted by molar-refractivity contribution is 7.89. The molecule has 6 nitrogen and oxygen atoms in total. The average Bonchev–Trinajstić information content (AvgIpc) is 2.67. The predicted octanol–water partition coefficient (Wildman–Crippen LogP) is 2.28. The number of hydrogen-bond acceptors (Lipinski definition) is 4. The normalized spacial score (nSPS) is 12.2. The van der Waals surface area contributed by atoms with Crippen LogP contribution in [-0.4, -0.2) is 33.5 Å². The smallest absolute Gasteiger partial charge is 0.241 e. The van der Waals surface area contributed by atoms with Gasteiger partial charge in [0.1, 0.15) is 11.8 Å². The summed E-state index contributed by atoms with van der Waals surface area (Å²) in [5.74, 6) is 0.175. The van der Waals surface area contributed by atoms with E-state index in [-0.39, 0.29) is 17.9 Å². The number of amides is 1. The van der Waals surface area contributed by atoms with E-state index in [4.69, 9.17) is 4.74 Å². The van der Waals surface area contributed by atoms with Crippen LogP contribution in [0.15, 0.2) is 72.1 Å². The molecular formula is C20H24N2O4S. The van der Waals surface area contributed by atoms with E-state index in [2.05, 4.69) is 16.6 Å². The van der Waals surface area contributed by atoms with Gasteiger partial charge in [0.25, 0.3) is 0 Å². The van der Waals surface area contributed by atoms with Gasteiger partial charge in [-0.15, -0.1) is 6.58 Å². The Labute approximate surface area is 160 Å². The van der Waals surface area contributed by atoms with Crippen molar-refractivity contribution in [3.05, 3.63) is 72.8 Å². The fourth-order valence-electron chi connectivity index (χ4n) is 2.47. The van der Waals surface area contributed by atoms with Crippen LogP contribution in [0, 0.1) is 0 Å². The summed E-state index contributed by atoms with van der Waals surface area (Å²) in [6.45, 7) is 6.16. The average molecular weight is 388 g/mol. The van der Waals surface area contributed by atoms with Crippen LogP contribution in [0.25, 0.3) is 0 Å². The molecule has 0 spiro atoms. The molecule has 0 aliphatic heterocycles. The summed E-state index contributed by atoms with van der Waals surface area (Å²) in [7, 11) is -3.87. The van der Waals surface area contributed by atoms with Crippen LogP contribution in [0.5, 0.6) is 5.75 Å². The molecule has 0 bridgehead atoms. The van der Waals surface area contributed by atoms with Gasteiger partial charge in [-0.05, 0) is 43.2 Å². The molecule has 0 heterocycles. The largest absolute Gasteiger partial charge is 0.494 e. The fraction of sp³-hybridized carbons (Fsp3) is 0.250. The summed E-state index contributed by atoms with van der Waals surface area (Å²) in [5, 5.41) is 2.65. The fourth-order valence-corrected chi connectivity index (χ4v) is 3.67. The third kappa shape index (κ3) is 6.23. The molecule has 0 saturated carbocycles. The zero-order chi connectivity index (χ0) is 19.7. The van der Waals surface area contributed by atoms with Gasteiger partial charge < -0.3 is 10.1 Å². The Hall–Kier alpha value is -2.64. The topological polar surface area (TPSA) is 84.5 Å². The Bertz CT molecular complexity index is 849. The highest BCUT2D eigenvalue weighted by atomic mass is 32.2. The monoisotopic (exact) mass is 388 g/mol. The third-order valence-corrected chi connectivity index (χ3v) is 5.25. The first-order valence-electron chi connectivity index (χ1n) is 8.64. The molecule has 0 unspecified atom stereocenters. The molecule has 0 aromatic heterocycles. The molecular weight excluding hydrogens is 364 g/mol. The summed E-state index contributed by atoms with van der Waals surface area (Å²) < 4.78 is 33.3. The van der Waals surface area contributed by atoms with E-state index in [0.717, 1.165) is 5.56 Å². The molecule has 2 aromatic rings. The SMILES string of the molecule is C=CCNC(=O)[C@H](Cc1ccccc1)NS(=O)(=O)c1ccc(OCC)cc1. The second-order valence-electron chi connectivity index (χ2n) is 5.80. The molecule has 1 amide bonds. The number of carbonyl (C=O) groups is 1. The molecule has 2 N–H and O–H groups in total. The second kappa shape index (κ2) is 9.89. The lowest BCUT2D eigenvalue weighted by Gasteiger charge is -2.18. The predicted molar refractivity (Wildman–Crippen MR) is 105 cm³/mol. The third-order valence-electron chi connectivity index (χ3n) is 3.76. The summed E-state index contributed by atoms with van der Waals surface area (Å²) >= 11 is 0. The Balaban J connectivity index is 2.20. The lowest BCUT2D eigenvalue weighted by Crippen LogP contribution is -2.47. The van der Waals surface area contributed by atoms with E-state index in [1.807, 2.05) is 37.3 Å². The van der Waals surface area contributed by atoms with E-state index < -0.39 is 22.0 Å². The van der Waals surface area contributed by atoms with Gasteiger partial charge >= 0.3 is 0 Å². The Morgan fingerprint density at radius 2 is 1.81 bits per heavy atom. The first-order chi connectivity index (χ1) is 13.0. The summed E-state index contributed by atoms with van der Waals surface area (Å²) in [4.78, 5) is 12.5. The lowest BCUT2D eigenvalue weighted by atomic mass is 10.1. The quantitative estimate of drug-likeness (QED) is 0.612. The van der Waals surface area contributed by atoms with E-state index in [9.17, 15) is 13.2 Å². The van der Waals surface area contributed by atoms with E-state index in [0.29, 0.717) is 12.4 Å². The Kier molecular flexibility index (Phi) is 7.57. The maximum Gasteiger partial charge on any atom is 0.241 e. The van der Waals surface area contributed by atoms with Crippen molar-refractivity contribution in [1.29, 1.82) is 0 Å². The highest BCUT2D eigenvalue weighted by Crippen LogP contribution is 2.17. The number of carbonyl (C=O) groups excluding carboxylic acids is 1. The van der Waals surface area contributed by atoms with Crippen molar-refractivity contribution in [2.24, 2.45) is 0 Å². The number of ether oxygens (including phenoxy) is 1. The van der Waals surface area contributed by atoms with Gasteiger partial charge in [-0.2, -0.15) is 4.72 Å². The number of sulfonamides is 1. The minimum Gasteiger partial charge on any atom is -0.494 e. The first-order valence-corrected chi connectivity index (χ1v) is 10.1. The van der Waals surface area contributed by atoms with Crippen LogP contribution < -0.4 is 14.8 Å². The standard InChI is InChI=1S/C20H24N2O4S/c1-3-14-21-20(23)19(15-16-8-6-5-7-9-16)22-27(24,25)18-12-10-17(11-13-18)26-4-2/h3,5-13,19,22H,1,4,14-15H2,2H3,(H,21,23)/t19-/m0/s1. The second-order valence-corrected chi connectivity index (χ2v) is 7.52. The maximum absolute atomic E-state index is 12.7. The molecule has 0 saturated heterocycles. The molecule has 144 valence electrons. The van der Waals surface area contributed by atoms with Gasteiger partial charge in [0, 0.05) is 6.54 Å². The summed E-state index contributed by atoms with van der Waals surface area (Å²) in [6, 6.07) is 14.4. The molecule has 0 aliphatic carbocycles. The molecule has 7 heteroatoms. The minimum absolute atomic E-state index is 0.0699. The van der Waals surface area contributed by atoms with Crippen LogP contribution in [0.3, 0.4) is 0 Å². The molecule has 0 fully saturated rings. The van der Waals surface area contributed by atoms with Gasteiger partial charge in [0.15, 0.2) is 0 Å². The van der Waals surface area contributed by atoms with Gasteiger partial charge in [0.05, 0.1) is 11.5 Å². The van der Waals surface area contributed by atoms with Gasteiger partial charge in [-0.25, -0.2) is 8.42 Å². The number of benzene rings is 2. The van der Waals surface area contributed by atoms with E-state index in [1.165, 1.54) is 12.1 Å². The summed E-state index contributed by atoms with van der Waals surface area (Å²) in [5.41, 5.74) is 0.852. The van der Waals surface area contributed by atoms with Crippen LogP contribution in [0.1, 0.15) is 12.5 Å². The zero-order valence-corrected chi connectivity index (χ0v) is 16.0. The van der Waals surface area contributed by atoms with Crippen molar-refractivity contribution in [2.45, 2.75) is 24.3 Å². The van der Waals surface area contributed by atoms with Gasteiger partial charge in [-0.3, -0.25) is 4.79 Å². The van der Waals surface area contributed by atoms with E-state index in [1.54, 1.807) is 18.2 Å². The van der Waals surface area contributed by atoms with Crippen LogP contribution in [0.2, 0.25) is 0 Å². The molecule has 2 aromatic carbocycles. The van der Waals surface area contributed by atoms with Crippen molar-refractivity contribution >= 4 is 15.9 Å². The van der Waals surface area contributed by atoms with Crippen molar-refractivity contribution in [3.63, 3.8) is 0 Å². The van der Waals surface area contributed by atoms with Gasteiger partial charge in [0.2, 0.25) is 15.9 Å². The Morgan fingerprint density at radius 3 is 2.41 bits per heavy atom. The minimum atomic E-state index is -3.87. The van der Waals surface area contributed by atoms with Crippen molar-refractivity contribution in [1.82, 2.24) is 10.0 Å².